The van der Waals surface area contributed by atoms with Gasteiger partial charge >= 0.3 is 12.1 Å². The number of carbonyl (C=O) groups is 3. The van der Waals surface area contributed by atoms with Crippen LogP contribution in [0, 0.1) is 0 Å². The molecule has 0 radical (unpaired) electrons. The first-order chi connectivity index (χ1) is 16.0. The summed E-state index contributed by atoms with van der Waals surface area (Å²) in [5, 5.41) is 14.2. The Morgan fingerprint density at radius 3 is 2.24 bits per heavy atom. The minimum absolute atomic E-state index is 0.00184. The van der Waals surface area contributed by atoms with Crippen LogP contribution >= 0.6 is 0 Å². The summed E-state index contributed by atoms with van der Waals surface area (Å²) in [6.45, 7) is 2.82. The number of amides is 2. The number of rotatable bonds is 12. The van der Waals surface area contributed by atoms with Gasteiger partial charge in [0.05, 0.1) is 12.5 Å². The van der Waals surface area contributed by atoms with Gasteiger partial charge in [-0.05, 0) is 35.6 Å². The molecule has 3 rings (SSSR count). The number of benzene rings is 2. The first-order valence-corrected chi connectivity index (χ1v) is 11.2. The van der Waals surface area contributed by atoms with Gasteiger partial charge in [0, 0.05) is 32.0 Å². The number of aliphatic carboxylic acids is 1. The van der Waals surface area contributed by atoms with Gasteiger partial charge in [-0.15, -0.1) is 0 Å². The van der Waals surface area contributed by atoms with Crippen molar-refractivity contribution in [3.63, 3.8) is 0 Å². The second kappa shape index (κ2) is 12.0. The third kappa shape index (κ3) is 6.79. The Kier molecular flexibility index (Phi) is 8.83. The van der Waals surface area contributed by atoms with Crippen LogP contribution in [0.5, 0.6) is 0 Å². The van der Waals surface area contributed by atoms with Gasteiger partial charge in [0.15, 0.2) is 0 Å². The van der Waals surface area contributed by atoms with Crippen LogP contribution in [0.3, 0.4) is 0 Å². The third-order valence-corrected chi connectivity index (χ3v) is 5.53. The average Bonchev–Trinajstić information content (AvgIpc) is 3.12. The van der Waals surface area contributed by atoms with Crippen LogP contribution in [0.1, 0.15) is 43.2 Å². The molecule has 0 fully saturated rings. The maximum atomic E-state index is 12.2. The quantitative estimate of drug-likeness (QED) is 0.424. The van der Waals surface area contributed by atoms with Crippen LogP contribution in [0.15, 0.2) is 48.5 Å². The van der Waals surface area contributed by atoms with Crippen LogP contribution in [0.2, 0.25) is 0 Å². The number of carbonyl (C=O) groups excluding carboxylic acids is 2. The maximum absolute atomic E-state index is 12.2. The lowest BCUT2D eigenvalue weighted by Gasteiger charge is -2.16. The Labute approximate surface area is 193 Å². The summed E-state index contributed by atoms with van der Waals surface area (Å²) >= 11 is 0. The zero-order valence-electron chi connectivity index (χ0n) is 18.7. The average molecular weight is 455 g/mol. The van der Waals surface area contributed by atoms with Crippen LogP contribution in [-0.2, 0) is 19.1 Å². The van der Waals surface area contributed by atoms with E-state index in [4.69, 9.17) is 14.6 Å². The molecular weight excluding hydrogens is 424 g/mol. The van der Waals surface area contributed by atoms with E-state index >= 15 is 0 Å². The van der Waals surface area contributed by atoms with Crippen molar-refractivity contribution in [1.29, 1.82) is 0 Å². The first kappa shape index (κ1) is 24.3. The summed E-state index contributed by atoms with van der Waals surface area (Å²) in [5.41, 5.74) is 4.64. The standard InChI is InChI=1S/C25H30N2O6/c1-2-32-17(14-24(29)30)15-27-23(28)12-7-13-26-25(31)33-16-22-20-10-5-3-8-18(20)19-9-4-6-11-21(19)22/h3-6,8-11,17,22H,2,7,12-16H2,1H3,(H,26,31)(H,27,28)(H,29,30). The molecule has 1 unspecified atom stereocenters. The van der Waals surface area contributed by atoms with Crippen molar-refractivity contribution in [2.75, 3.05) is 26.3 Å². The maximum Gasteiger partial charge on any atom is 0.407 e. The van der Waals surface area contributed by atoms with E-state index in [1.165, 1.54) is 11.1 Å². The summed E-state index contributed by atoms with van der Waals surface area (Å²) in [4.78, 5) is 34.9. The Morgan fingerprint density at radius 1 is 1.00 bits per heavy atom. The molecule has 0 saturated carbocycles. The third-order valence-electron chi connectivity index (χ3n) is 5.53. The highest BCUT2D eigenvalue weighted by atomic mass is 16.5. The van der Waals surface area contributed by atoms with E-state index in [9.17, 15) is 14.4 Å². The minimum atomic E-state index is -0.977. The molecule has 8 nitrogen and oxygen atoms in total. The Hall–Kier alpha value is -3.39. The van der Waals surface area contributed by atoms with Gasteiger partial charge in [0.1, 0.15) is 6.61 Å². The van der Waals surface area contributed by atoms with Crippen molar-refractivity contribution in [2.24, 2.45) is 0 Å². The largest absolute Gasteiger partial charge is 0.481 e. The van der Waals surface area contributed by atoms with E-state index in [0.717, 1.165) is 11.1 Å². The van der Waals surface area contributed by atoms with E-state index in [0.29, 0.717) is 19.6 Å². The molecule has 0 aromatic heterocycles. The summed E-state index contributed by atoms with van der Waals surface area (Å²) < 4.78 is 10.8. The zero-order valence-corrected chi connectivity index (χ0v) is 18.7. The molecule has 0 saturated heterocycles. The predicted molar refractivity (Wildman–Crippen MR) is 123 cm³/mol. The van der Waals surface area contributed by atoms with E-state index in [2.05, 4.69) is 34.9 Å². The number of ether oxygens (including phenoxy) is 2. The van der Waals surface area contributed by atoms with E-state index < -0.39 is 18.2 Å². The molecular formula is C25H30N2O6. The Morgan fingerprint density at radius 2 is 1.64 bits per heavy atom. The smallest absolute Gasteiger partial charge is 0.407 e. The number of carboxylic acids is 1. The van der Waals surface area contributed by atoms with Crippen LogP contribution < -0.4 is 10.6 Å². The van der Waals surface area contributed by atoms with Crippen molar-refractivity contribution < 1.29 is 29.0 Å². The van der Waals surface area contributed by atoms with Crippen LogP contribution in [-0.4, -0.2) is 55.5 Å². The number of hydrogen-bond donors (Lipinski definition) is 3. The van der Waals surface area contributed by atoms with Crippen molar-refractivity contribution in [1.82, 2.24) is 10.6 Å². The van der Waals surface area contributed by atoms with Gasteiger partial charge in [-0.25, -0.2) is 4.79 Å². The SMILES string of the molecule is CCOC(CNC(=O)CCCNC(=O)OCC1c2ccccc2-c2ccccc21)CC(=O)O. The lowest BCUT2D eigenvalue weighted by Crippen LogP contribution is -2.35. The number of fused-ring (bicyclic) bond motifs is 3. The number of alkyl carbamates (subject to hydrolysis) is 1. The second-order valence-electron chi connectivity index (χ2n) is 7.84. The monoisotopic (exact) mass is 454 g/mol. The zero-order chi connectivity index (χ0) is 23.6. The molecule has 0 bridgehead atoms. The van der Waals surface area contributed by atoms with Crippen LogP contribution in [0.25, 0.3) is 11.1 Å². The Balaban J connectivity index is 1.37. The van der Waals surface area contributed by atoms with Crippen molar-refractivity contribution in [3.8, 4) is 11.1 Å². The van der Waals surface area contributed by atoms with E-state index in [-0.39, 0.29) is 37.8 Å². The minimum Gasteiger partial charge on any atom is -0.481 e. The summed E-state index contributed by atoms with van der Waals surface area (Å²) in [7, 11) is 0. The molecule has 2 amide bonds. The lowest BCUT2D eigenvalue weighted by atomic mass is 9.98. The molecule has 2 aromatic carbocycles. The summed E-state index contributed by atoms with van der Waals surface area (Å²) in [6, 6.07) is 16.3. The van der Waals surface area contributed by atoms with Crippen molar-refractivity contribution in [3.05, 3.63) is 59.7 Å². The molecule has 8 heteroatoms. The van der Waals surface area contributed by atoms with Crippen molar-refractivity contribution >= 4 is 18.0 Å². The highest BCUT2D eigenvalue weighted by Gasteiger charge is 2.28. The molecule has 1 atom stereocenters. The first-order valence-electron chi connectivity index (χ1n) is 11.2. The Bertz CT molecular complexity index is 931. The molecule has 0 aliphatic heterocycles. The molecule has 1 aliphatic rings. The van der Waals surface area contributed by atoms with Gasteiger partial charge in [0.2, 0.25) is 5.91 Å². The molecule has 0 spiro atoms. The summed E-state index contributed by atoms with van der Waals surface area (Å²) in [5.74, 6) is -1.20. The molecule has 3 N–H and O–H groups in total. The number of hydrogen-bond acceptors (Lipinski definition) is 5. The van der Waals surface area contributed by atoms with Gasteiger partial charge in [-0.3, -0.25) is 9.59 Å². The highest BCUT2D eigenvalue weighted by molar-refractivity contribution is 5.79. The predicted octanol–water partition coefficient (Wildman–Crippen LogP) is 3.30. The fraction of sp³-hybridized carbons (Fsp3) is 0.400. The molecule has 176 valence electrons. The fourth-order valence-corrected chi connectivity index (χ4v) is 4.03. The topological polar surface area (TPSA) is 114 Å². The van der Waals surface area contributed by atoms with Crippen molar-refractivity contribution in [2.45, 2.75) is 38.2 Å². The number of carboxylic acid groups (broad SMARTS) is 1. The van der Waals surface area contributed by atoms with E-state index in [1.807, 2.05) is 24.3 Å². The highest BCUT2D eigenvalue weighted by Crippen LogP contribution is 2.44. The van der Waals surface area contributed by atoms with Gasteiger partial charge in [-0.2, -0.15) is 0 Å². The summed E-state index contributed by atoms with van der Waals surface area (Å²) in [6.07, 6.45) is -0.605. The van der Waals surface area contributed by atoms with Gasteiger partial charge < -0.3 is 25.2 Å². The lowest BCUT2D eigenvalue weighted by molar-refractivity contribution is -0.140. The number of nitrogens with one attached hydrogen (secondary N) is 2. The van der Waals surface area contributed by atoms with Crippen LogP contribution in [0.4, 0.5) is 4.79 Å². The molecule has 0 heterocycles. The normalized spacial score (nSPS) is 13.0. The molecule has 33 heavy (non-hydrogen) atoms. The second-order valence-corrected chi connectivity index (χ2v) is 7.84. The van der Waals surface area contributed by atoms with Gasteiger partial charge in [0.25, 0.3) is 0 Å². The molecule has 2 aromatic rings. The fourth-order valence-electron chi connectivity index (χ4n) is 4.03. The molecule has 1 aliphatic carbocycles. The van der Waals surface area contributed by atoms with E-state index in [1.54, 1.807) is 6.92 Å². The van der Waals surface area contributed by atoms with Gasteiger partial charge in [-0.1, -0.05) is 48.5 Å².